The first-order valence-corrected chi connectivity index (χ1v) is 8.53. The summed E-state index contributed by atoms with van der Waals surface area (Å²) in [6, 6.07) is 14.3. The lowest BCUT2D eigenvalue weighted by Gasteiger charge is -2.36. The van der Waals surface area contributed by atoms with E-state index >= 15 is 0 Å². The van der Waals surface area contributed by atoms with Crippen molar-refractivity contribution in [1.29, 1.82) is 0 Å². The summed E-state index contributed by atoms with van der Waals surface area (Å²) in [6.07, 6.45) is -2.17. The number of aliphatic hydroxyl groups is 3. The topological polar surface area (TPSA) is 74.9 Å². The van der Waals surface area contributed by atoms with Gasteiger partial charge in [0.1, 0.15) is 24.1 Å². The third-order valence-electron chi connectivity index (χ3n) is 4.86. The van der Waals surface area contributed by atoms with Gasteiger partial charge in [0.05, 0.1) is 12.1 Å². The van der Waals surface area contributed by atoms with Gasteiger partial charge in [0.15, 0.2) is 6.23 Å². The number of aliphatic hydroxyl groups excluding tert-OH is 3. The van der Waals surface area contributed by atoms with Crippen LogP contribution >= 0.6 is 0 Å². The first-order chi connectivity index (χ1) is 12.5. The van der Waals surface area contributed by atoms with Crippen LogP contribution in [-0.4, -0.2) is 44.8 Å². The molecule has 3 aromatic rings. The van der Waals surface area contributed by atoms with Gasteiger partial charge in [0.25, 0.3) is 0 Å². The predicted octanol–water partition coefficient (Wildman–Crippen LogP) is 1.98. The molecule has 0 unspecified atom stereocenters. The number of ether oxygens (including phenoxy) is 1. The van der Waals surface area contributed by atoms with E-state index < -0.39 is 24.5 Å². The molecule has 1 fully saturated rings. The van der Waals surface area contributed by atoms with Gasteiger partial charge in [-0.1, -0.05) is 30.3 Å². The summed E-state index contributed by atoms with van der Waals surface area (Å²) in [6.45, 7) is -0.0855. The summed E-state index contributed by atoms with van der Waals surface area (Å²) in [4.78, 5) is 0. The van der Waals surface area contributed by atoms with Gasteiger partial charge in [-0.25, -0.2) is 4.39 Å². The maximum atomic E-state index is 13.8. The lowest BCUT2D eigenvalue weighted by atomic mass is 10.0. The molecule has 0 saturated carbocycles. The van der Waals surface area contributed by atoms with Crippen molar-refractivity contribution >= 4 is 10.9 Å². The van der Waals surface area contributed by atoms with Crippen molar-refractivity contribution in [1.82, 2.24) is 4.57 Å². The summed E-state index contributed by atoms with van der Waals surface area (Å²) < 4.78 is 21.1. The molecule has 4 rings (SSSR count). The van der Waals surface area contributed by atoms with Crippen LogP contribution in [0.25, 0.3) is 10.9 Å². The normalized spacial score (nSPS) is 26.3. The first-order valence-electron chi connectivity index (χ1n) is 8.53. The number of rotatable bonds is 3. The van der Waals surface area contributed by atoms with Gasteiger partial charge in [0.2, 0.25) is 0 Å². The van der Waals surface area contributed by atoms with Gasteiger partial charge in [-0.05, 0) is 35.7 Å². The number of hydrogen-bond donors (Lipinski definition) is 3. The monoisotopic (exact) mass is 357 g/mol. The van der Waals surface area contributed by atoms with Crippen LogP contribution in [0.1, 0.15) is 17.4 Å². The van der Waals surface area contributed by atoms with Gasteiger partial charge in [-0.15, -0.1) is 0 Å². The smallest absolute Gasteiger partial charge is 0.162 e. The summed E-state index contributed by atoms with van der Waals surface area (Å²) >= 11 is 0. The van der Waals surface area contributed by atoms with Crippen LogP contribution in [0, 0.1) is 5.82 Å². The van der Waals surface area contributed by atoms with Gasteiger partial charge in [-0.2, -0.15) is 0 Å². The number of hydrogen-bond acceptors (Lipinski definition) is 4. The Morgan fingerprint density at radius 2 is 1.81 bits per heavy atom. The molecule has 6 heteroatoms. The SMILES string of the molecule is O[C@@H]1[C@@H](O)[C@H](n2cc(Cc3ccccc3)c3cc(F)ccc32)OC[C@H]1O. The highest BCUT2D eigenvalue weighted by molar-refractivity contribution is 5.84. The number of nitrogens with zero attached hydrogens (tertiary/aromatic N) is 1. The average Bonchev–Trinajstić information content (AvgIpc) is 2.98. The van der Waals surface area contributed by atoms with Gasteiger partial charge < -0.3 is 24.6 Å². The summed E-state index contributed by atoms with van der Waals surface area (Å²) in [7, 11) is 0. The zero-order chi connectivity index (χ0) is 18.3. The molecule has 0 radical (unpaired) electrons. The minimum absolute atomic E-state index is 0.0855. The van der Waals surface area contributed by atoms with E-state index in [-0.39, 0.29) is 12.4 Å². The largest absolute Gasteiger partial charge is 0.388 e. The Kier molecular flexibility index (Phi) is 4.50. The van der Waals surface area contributed by atoms with E-state index in [4.69, 9.17) is 4.74 Å². The van der Waals surface area contributed by atoms with Gasteiger partial charge in [0, 0.05) is 11.6 Å². The number of aromatic nitrogens is 1. The molecule has 136 valence electrons. The molecular formula is C20H20FNO4. The molecule has 2 heterocycles. The quantitative estimate of drug-likeness (QED) is 0.670. The molecule has 1 saturated heterocycles. The third-order valence-corrected chi connectivity index (χ3v) is 4.86. The van der Waals surface area contributed by atoms with Crippen molar-refractivity contribution in [3.05, 3.63) is 71.7 Å². The Labute approximate surface area is 149 Å². The van der Waals surface area contributed by atoms with Gasteiger partial charge >= 0.3 is 0 Å². The summed E-state index contributed by atoms with van der Waals surface area (Å²) in [5, 5.41) is 30.7. The highest BCUT2D eigenvalue weighted by Crippen LogP contribution is 2.32. The Bertz CT molecular complexity index is 911. The van der Waals surface area contributed by atoms with Crippen LogP contribution in [-0.2, 0) is 11.2 Å². The van der Waals surface area contributed by atoms with Crippen molar-refractivity contribution in [3.8, 4) is 0 Å². The fraction of sp³-hybridized carbons (Fsp3) is 0.300. The van der Waals surface area contributed by atoms with Crippen LogP contribution in [0.2, 0.25) is 0 Å². The molecule has 2 aromatic carbocycles. The minimum Gasteiger partial charge on any atom is -0.388 e. The minimum atomic E-state index is -1.30. The van der Waals surface area contributed by atoms with Crippen LogP contribution in [0.5, 0.6) is 0 Å². The summed E-state index contributed by atoms with van der Waals surface area (Å²) in [5.41, 5.74) is 2.67. The zero-order valence-corrected chi connectivity index (χ0v) is 14.0. The Balaban J connectivity index is 1.78. The first kappa shape index (κ1) is 17.2. The zero-order valence-electron chi connectivity index (χ0n) is 14.0. The van der Waals surface area contributed by atoms with Crippen molar-refractivity contribution in [2.24, 2.45) is 0 Å². The van der Waals surface area contributed by atoms with Crippen LogP contribution < -0.4 is 0 Å². The van der Waals surface area contributed by atoms with E-state index in [0.29, 0.717) is 11.9 Å². The Morgan fingerprint density at radius 3 is 2.58 bits per heavy atom. The third kappa shape index (κ3) is 3.01. The molecule has 26 heavy (non-hydrogen) atoms. The van der Waals surface area contributed by atoms with Crippen molar-refractivity contribution in [2.45, 2.75) is 31.0 Å². The van der Waals surface area contributed by atoms with E-state index in [1.165, 1.54) is 12.1 Å². The molecule has 3 N–H and O–H groups in total. The maximum Gasteiger partial charge on any atom is 0.162 e. The lowest BCUT2D eigenvalue weighted by Crippen LogP contribution is -2.50. The van der Waals surface area contributed by atoms with E-state index in [1.54, 1.807) is 10.6 Å². The van der Waals surface area contributed by atoms with Crippen LogP contribution in [0.3, 0.4) is 0 Å². The van der Waals surface area contributed by atoms with Crippen molar-refractivity contribution in [3.63, 3.8) is 0 Å². The molecule has 0 spiro atoms. The molecule has 4 atom stereocenters. The van der Waals surface area contributed by atoms with Crippen molar-refractivity contribution < 1.29 is 24.4 Å². The van der Waals surface area contributed by atoms with E-state index in [9.17, 15) is 19.7 Å². The lowest BCUT2D eigenvalue weighted by molar-refractivity contribution is -0.209. The second kappa shape index (κ2) is 6.81. The van der Waals surface area contributed by atoms with Crippen LogP contribution in [0.15, 0.2) is 54.7 Å². The fourth-order valence-electron chi connectivity index (χ4n) is 3.50. The molecule has 0 amide bonds. The average molecular weight is 357 g/mol. The molecule has 0 bridgehead atoms. The second-order valence-electron chi connectivity index (χ2n) is 6.66. The van der Waals surface area contributed by atoms with Crippen LogP contribution in [0.4, 0.5) is 4.39 Å². The molecular weight excluding hydrogens is 337 g/mol. The Hall–Kier alpha value is -2.25. The van der Waals surface area contributed by atoms with Crippen molar-refractivity contribution in [2.75, 3.05) is 6.61 Å². The van der Waals surface area contributed by atoms with E-state index in [0.717, 1.165) is 16.5 Å². The number of fused-ring (bicyclic) bond motifs is 1. The summed E-state index contributed by atoms with van der Waals surface area (Å²) in [5.74, 6) is -0.342. The predicted molar refractivity (Wildman–Crippen MR) is 94.2 cm³/mol. The maximum absolute atomic E-state index is 13.8. The van der Waals surface area contributed by atoms with Gasteiger partial charge in [-0.3, -0.25) is 0 Å². The highest BCUT2D eigenvalue weighted by atomic mass is 19.1. The number of halogens is 1. The molecule has 5 nitrogen and oxygen atoms in total. The number of benzene rings is 2. The molecule has 1 aromatic heterocycles. The Morgan fingerprint density at radius 1 is 1.04 bits per heavy atom. The molecule has 1 aliphatic heterocycles. The molecule has 1 aliphatic rings. The molecule has 0 aliphatic carbocycles. The highest BCUT2D eigenvalue weighted by Gasteiger charge is 2.39. The standard InChI is InChI=1S/C20H20FNO4/c21-14-6-7-16-15(9-14)13(8-12-4-2-1-3-5-12)10-22(16)20-19(25)18(24)17(23)11-26-20/h1-7,9-10,17-20,23-25H,8,11H2/t17-,18+,19-,20-/m1/s1. The van der Waals surface area contributed by atoms with E-state index in [1.807, 2.05) is 36.5 Å². The fourth-order valence-corrected chi connectivity index (χ4v) is 3.50. The second-order valence-corrected chi connectivity index (χ2v) is 6.66. The van der Waals surface area contributed by atoms with E-state index in [2.05, 4.69) is 0 Å².